The predicted molar refractivity (Wildman–Crippen MR) is 119 cm³/mol. The molecule has 1 aliphatic rings. The maximum Gasteiger partial charge on any atom is 0.246 e. The van der Waals surface area contributed by atoms with E-state index in [4.69, 9.17) is 9.98 Å². The smallest absolute Gasteiger partial charge is 0.246 e. The molecule has 1 aromatic carbocycles. The number of aryl methyl sites for hydroxylation is 1. The molecule has 1 N–H and O–H groups in total. The van der Waals surface area contributed by atoms with Crippen molar-refractivity contribution in [3.05, 3.63) is 53.8 Å². The minimum atomic E-state index is 0.0416. The van der Waals surface area contributed by atoms with Gasteiger partial charge in [-0.05, 0) is 6.92 Å². The fraction of sp³-hybridized carbons (Fsp3) is 0.333. The van der Waals surface area contributed by atoms with Crippen LogP contribution >= 0.6 is 11.3 Å². The molecule has 3 heterocycles. The van der Waals surface area contributed by atoms with Crippen molar-refractivity contribution in [2.24, 2.45) is 12.0 Å². The third-order valence-corrected chi connectivity index (χ3v) is 5.76. The highest BCUT2D eigenvalue weighted by Gasteiger charge is 2.27. The van der Waals surface area contributed by atoms with Gasteiger partial charge in [0.1, 0.15) is 11.6 Å². The number of nitrogens with one attached hydrogen (secondary N) is 1. The first-order valence-electron chi connectivity index (χ1n) is 9.96. The number of thiazole rings is 1. The molecule has 8 nitrogen and oxygen atoms in total. The summed E-state index contributed by atoms with van der Waals surface area (Å²) in [6, 6.07) is 10.1. The first-order chi connectivity index (χ1) is 14.6. The Kier molecular flexibility index (Phi) is 6.08. The van der Waals surface area contributed by atoms with Gasteiger partial charge in [-0.15, -0.1) is 11.3 Å². The molecule has 156 valence electrons. The number of amides is 1. The second-order valence-corrected chi connectivity index (χ2v) is 7.88. The van der Waals surface area contributed by atoms with Gasteiger partial charge in [-0.1, -0.05) is 30.3 Å². The van der Waals surface area contributed by atoms with Gasteiger partial charge >= 0.3 is 0 Å². The van der Waals surface area contributed by atoms with E-state index >= 15 is 0 Å². The molecule has 1 amide bonds. The quantitative estimate of drug-likeness (QED) is 0.503. The van der Waals surface area contributed by atoms with Crippen LogP contribution in [0.2, 0.25) is 0 Å². The number of anilines is 1. The zero-order chi connectivity index (χ0) is 20.9. The average molecular weight is 424 g/mol. The number of hydrogen-bond acceptors (Lipinski definition) is 5. The Balaban J connectivity index is 1.43. The van der Waals surface area contributed by atoms with Crippen LogP contribution in [-0.2, 0) is 18.4 Å². The van der Waals surface area contributed by atoms with Crippen molar-refractivity contribution in [3.63, 3.8) is 0 Å². The Hall–Kier alpha value is -3.20. The maximum atomic E-state index is 12.7. The van der Waals surface area contributed by atoms with Crippen molar-refractivity contribution >= 4 is 28.9 Å². The van der Waals surface area contributed by atoms with Crippen LogP contribution < -0.4 is 10.2 Å². The molecule has 0 bridgehead atoms. The highest BCUT2D eigenvalue weighted by molar-refractivity contribution is 7.13. The third-order valence-electron chi connectivity index (χ3n) is 4.82. The van der Waals surface area contributed by atoms with Gasteiger partial charge in [0.15, 0.2) is 5.96 Å². The van der Waals surface area contributed by atoms with Crippen LogP contribution in [0.4, 0.5) is 5.69 Å². The van der Waals surface area contributed by atoms with E-state index in [0.29, 0.717) is 19.6 Å². The normalized spacial score (nSPS) is 15.0. The van der Waals surface area contributed by atoms with Crippen LogP contribution in [0, 0.1) is 0 Å². The molecule has 3 aromatic rings. The maximum absolute atomic E-state index is 12.7. The fourth-order valence-corrected chi connectivity index (χ4v) is 4.17. The summed E-state index contributed by atoms with van der Waals surface area (Å²) in [5, 5.41) is 10.5. The fourth-order valence-electron chi connectivity index (χ4n) is 3.35. The Bertz CT molecular complexity index is 1030. The van der Waals surface area contributed by atoms with Crippen molar-refractivity contribution < 1.29 is 4.79 Å². The third kappa shape index (κ3) is 4.51. The van der Waals surface area contributed by atoms with Gasteiger partial charge < -0.3 is 15.1 Å². The largest absolute Gasteiger partial charge is 0.356 e. The zero-order valence-electron chi connectivity index (χ0n) is 17.2. The molecule has 2 aromatic heterocycles. The number of piperazine rings is 1. The van der Waals surface area contributed by atoms with Crippen molar-refractivity contribution in [3.8, 4) is 10.6 Å². The molecule has 1 aliphatic heterocycles. The number of hydrogen-bond donors (Lipinski definition) is 1. The van der Waals surface area contributed by atoms with Gasteiger partial charge in [0.2, 0.25) is 5.91 Å². The number of carbonyl (C=O) groups excluding carboxylic acids is 1. The van der Waals surface area contributed by atoms with Crippen LogP contribution in [-0.4, -0.2) is 57.7 Å². The SMILES string of the molecule is CCNC(=NCc1csc(-c2ccccc2)n1)N1CCN(c2cnn(C)c2)C(=O)C1. The van der Waals surface area contributed by atoms with Crippen molar-refractivity contribution in [1.29, 1.82) is 0 Å². The van der Waals surface area contributed by atoms with Crippen LogP contribution in [0.25, 0.3) is 10.6 Å². The van der Waals surface area contributed by atoms with Gasteiger partial charge in [-0.3, -0.25) is 9.48 Å². The second-order valence-electron chi connectivity index (χ2n) is 7.02. The number of benzene rings is 1. The van der Waals surface area contributed by atoms with Crippen molar-refractivity contribution in [1.82, 2.24) is 25.0 Å². The lowest BCUT2D eigenvalue weighted by molar-refractivity contribution is -0.120. The van der Waals surface area contributed by atoms with Crippen LogP contribution in [0.15, 0.2) is 53.1 Å². The Morgan fingerprint density at radius 2 is 2.10 bits per heavy atom. The van der Waals surface area contributed by atoms with Crippen molar-refractivity contribution in [2.75, 3.05) is 31.1 Å². The number of guanidine groups is 1. The molecule has 0 spiro atoms. The zero-order valence-corrected chi connectivity index (χ0v) is 18.0. The standard InChI is InChI=1S/C21H25N7OS/c1-3-22-21(23-11-17-15-30-20(25-17)16-7-5-4-6-8-16)27-9-10-28(19(29)14-27)18-12-24-26(2)13-18/h4-8,12-13,15H,3,9-11,14H2,1-2H3,(H,22,23). The Morgan fingerprint density at radius 3 is 2.80 bits per heavy atom. The topological polar surface area (TPSA) is 78.7 Å². The summed E-state index contributed by atoms with van der Waals surface area (Å²) in [6.45, 7) is 4.83. The molecule has 0 unspecified atom stereocenters. The predicted octanol–water partition coefficient (Wildman–Crippen LogP) is 2.36. The molecule has 4 rings (SSSR count). The lowest BCUT2D eigenvalue weighted by Gasteiger charge is -2.35. The van der Waals surface area contributed by atoms with Gasteiger partial charge in [0, 0.05) is 43.8 Å². The highest BCUT2D eigenvalue weighted by Crippen LogP contribution is 2.23. The molecule has 0 saturated carbocycles. The summed E-state index contributed by atoms with van der Waals surface area (Å²) >= 11 is 1.62. The minimum absolute atomic E-state index is 0.0416. The first kappa shape index (κ1) is 20.1. The van der Waals surface area contributed by atoms with Gasteiger partial charge in [0.25, 0.3) is 0 Å². The Morgan fingerprint density at radius 1 is 1.27 bits per heavy atom. The summed E-state index contributed by atoms with van der Waals surface area (Å²) in [6.07, 6.45) is 3.58. The van der Waals surface area contributed by atoms with E-state index in [2.05, 4.69) is 22.5 Å². The molecule has 0 aliphatic carbocycles. The van der Waals surface area contributed by atoms with E-state index in [9.17, 15) is 4.79 Å². The lowest BCUT2D eigenvalue weighted by Crippen LogP contribution is -2.55. The summed E-state index contributed by atoms with van der Waals surface area (Å²) in [5.41, 5.74) is 2.87. The number of nitrogens with zero attached hydrogens (tertiary/aromatic N) is 6. The van der Waals surface area contributed by atoms with Gasteiger partial charge in [-0.25, -0.2) is 9.98 Å². The van der Waals surface area contributed by atoms with Crippen LogP contribution in [0.3, 0.4) is 0 Å². The van der Waals surface area contributed by atoms with E-state index in [1.807, 2.05) is 48.6 Å². The van der Waals surface area contributed by atoms with Gasteiger partial charge in [-0.2, -0.15) is 5.10 Å². The summed E-state index contributed by atoms with van der Waals surface area (Å²) < 4.78 is 1.71. The molecular formula is C21H25N7OS. The minimum Gasteiger partial charge on any atom is -0.356 e. The second kappa shape index (κ2) is 9.08. The molecule has 1 saturated heterocycles. The number of aromatic nitrogens is 3. The van der Waals surface area contributed by atoms with E-state index in [1.54, 1.807) is 27.1 Å². The van der Waals surface area contributed by atoms with Crippen molar-refractivity contribution in [2.45, 2.75) is 13.5 Å². The van der Waals surface area contributed by atoms with Crippen LogP contribution in [0.1, 0.15) is 12.6 Å². The monoisotopic (exact) mass is 423 g/mol. The highest BCUT2D eigenvalue weighted by atomic mass is 32.1. The first-order valence-corrected chi connectivity index (χ1v) is 10.8. The van der Waals surface area contributed by atoms with E-state index in [0.717, 1.165) is 34.5 Å². The number of aliphatic imine (C=N–C) groups is 1. The van der Waals surface area contributed by atoms with E-state index < -0.39 is 0 Å². The summed E-state index contributed by atoms with van der Waals surface area (Å²) in [7, 11) is 1.85. The number of rotatable bonds is 5. The molecule has 9 heteroatoms. The van der Waals surface area contributed by atoms with Crippen LogP contribution in [0.5, 0.6) is 0 Å². The van der Waals surface area contributed by atoms with Gasteiger partial charge in [0.05, 0.1) is 24.1 Å². The Labute approximate surface area is 179 Å². The molecular weight excluding hydrogens is 398 g/mol. The van der Waals surface area contributed by atoms with E-state index in [-0.39, 0.29) is 12.5 Å². The summed E-state index contributed by atoms with van der Waals surface area (Å²) in [4.78, 5) is 25.9. The molecule has 1 fully saturated rings. The molecule has 30 heavy (non-hydrogen) atoms. The average Bonchev–Trinajstić information content (AvgIpc) is 3.41. The molecule has 0 atom stereocenters. The molecule has 0 radical (unpaired) electrons. The number of carbonyl (C=O) groups is 1. The van der Waals surface area contributed by atoms with E-state index in [1.165, 1.54) is 0 Å². The lowest BCUT2D eigenvalue weighted by atomic mass is 10.2. The summed E-state index contributed by atoms with van der Waals surface area (Å²) in [5.74, 6) is 0.783.